The Morgan fingerprint density at radius 3 is 2.89 bits per heavy atom. The quantitative estimate of drug-likeness (QED) is 0.868. The van der Waals surface area contributed by atoms with E-state index in [9.17, 15) is 0 Å². The number of hydrogen-bond donors (Lipinski definition) is 1. The molecule has 0 radical (unpaired) electrons. The van der Waals surface area contributed by atoms with E-state index >= 15 is 0 Å². The van der Waals surface area contributed by atoms with Crippen molar-refractivity contribution in [2.45, 2.75) is 19.9 Å². The van der Waals surface area contributed by atoms with Gasteiger partial charge >= 0.3 is 6.01 Å². The monoisotopic (exact) mass is 282 g/mol. The Morgan fingerprint density at radius 1 is 1.37 bits per heavy atom. The highest BCUT2D eigenvalue weighted by molar-refractivity contribution is 6.28. The minimum atomic E-state index is 0.105. The first-order valence-electron chi connectivity index (χ1n) is 5.94. The highest BCUT2D eigenvalue weighted by atomic mass is 35.5. The van der Waals surface area contributed by atoms with E-state index in [1.807, 2.05) is 20.0 Å². The van der Waals surface area contributed by atoms with Crippen molar-refractivity contribution in [1.29, 1.82) is 0 Å². The molecule has 2 aromatic heterocycles. The van der Waals surface area contributed by atoms with Crippen molar-refractivity contribution in [3.8, 4) is 6.01 Å². The van der Waals surface area contributed by atoms with Gasteiger partial charge in [0.1, 0.15) is 0 Å². The maximum atomic E-state index is 5.82. The summed E-state index contributed by atoms with van der Waals surface area (Å²) in [6.07, 6.45) is 2.61. The molecule has 0 spiro atoms. The molecule has 0 aliphatic rings. The molecular formula is C11H15ClN6O. The van der Waals surface area contributed by atoms with Crippen LogP contribution in [-0.2, 0) is 13.6 Å². The van der Waals surface area contributed by atoms with Gasteiger partial charge in [0.2, 0.25) is 11.2 Å². The minimum absolute atomic E-state index is 0.105. The molecule has 0 bridgehead atoms. The third kappa shape index (κ3) is 3.78. The average molecular weight is 283 g/mol. The van der Waals surface area contributed by atoms with Gasteiger partial charge in [0.15, 0.2) is 0 Å². The standard InChI is InChI=1S/C11H15ClN6O/c1-3-6-19-11-16-9(12)15-10(17-11)13-7-8-4-5-14-18(8)2/h4-5H,3,6-7H2,1-2H3,(H,13,15,16,17). The lowest BCUT2D eigenvalue weighted by Gasteiger charge is -2.07. The number of rotatable bonds is 6. The van der Waals surface area contributed by atoms with Gasteiger partial charge in [0.05, 0.1) is 18.8 Å². The number of aryl methyl sites for hydroxylation is 1. The Hall–Kier alpha value is -1.89. The zero-order valence-corrected chi connectivity index (χ0v) is 11.6. The molecule has 0 amide bonds. The maximum absolute atomic E-state index is 5.82. The fraction of sp³-hybridized carbons (Fsp3) is 0.455. The summed E-state index contributed by atoms with van der Waals surface area (Å²) in [4.78, 5) is 12.0. The first-order valence-corrected chi connectivity index (χ1v) is 6.32. The van der Waals surface area contributed by atoms with Crippen LogP contribution in [0.5, 0.6) is 6.01 Å². The predicted octanol–water partition coefficient (Wildman–Crippen LogP) is 1.66. The van der Waals surface area contributed by atoms with Crippen LogP contribution >= 0.6 is 11.6 Å². The highest BCUT2D eigenvalue weighted by Gasteiger charge is 2.06. The summed E-state index contributed by atoms with van der Waals surface area (Å²) in [7, 11) is 1.87. The van der Waals surface area contributed by atoms with Crippen molar-refractivity contribution in [2.24, 2.45) is 7.05 Å². The number of anilines is 1. The van der Waals surface area contributed by atoms with Crippen molar-refractivity contribution in [1.82, 2.24) is 24.7 Å². The molecule has 102 valence electrons. The highest BCUT2D eigenvalue weighted by Crippen LogP contribution is 2.12. The van der Waals surface area contributed by atoms with E-state index in [1.165, 1.54) is 0 Å². The van der Waals surface area contributed by atoms with Crippen molar-refractivity contribution in [2.75, 3.05) is 11.9 Å². The lowest BCUT2D eigenvalue weighted by atomic mass is 10.4. The Bertz CT molecular complexity index is 544. The third-order valence-electron chi connectivity index (χ3n) is 2.37. The van der Waals surface area contributed by atoms with Gasteiger partial charge in [-0.2, -0.15) is 20.1 Å². The molecule has 7 nitrogen and oxygen atoms in total. The van der Waals surface area contributed by atoms with Crippen LogP contribution in [-0.4, -0.2) is 31.3 Å². The van der Waals surface area contributed by atoms with Gasteiger partial charge in [0, 0.05) is 13.2 Å². The molecule has 1 N–H and O–H groups in total. The van der Waals surface area contributed by atoms with Crippen molar-refractivity contribution >= 4 is 17.5 Å². The van der Waals surface area contributed by atoms with E-state index in [-0.39, 0.29) is 11.3 Å². The molecule has 0 unspecified atom stereocenters. The fourth-order valence-electron chi connectivity index (χ4n) is 1.41. The molecule has 0 aliphatic heterocycles. The number of nitrogens with one attached hydrogen (secondary N) is 1. The van der Waals surface area contributed by atoms with Crippen LogP contribution in [0.3, 0.4) is 0 Å². The smallest absolute Gasteiger partial charge is 0.322 e. The van der Waals surface area contributed by atoms with Crippen LogP contribution in [0, 0.1) is 0 Å². The summed E-state index contributed by atoms with van der Waals surface area (Å²) in [5.41, 5.74) is 1.01. The molecule has 0 fully saturated rings. The van der Waals surface area contributed by atoms with Gasteiger partial charge in [-0.15, -0.1) is 0 Å². The molecule has 19 heavy (non-hydrogen) atoms. The van der Waals surface area contributed by atoms with Crippen LogP contribution in [0.15, 0.2) is 12.3 Å². The lowest BCUT2D eigenvalue weighted by Crippen LogP contribution is -2.10. The molecule has 0 aliphatic carbocycles. The SMILES string of the molecule is CCCOc1nc(Cl)nc(NCc2ccnn2C)n1. The zero-order valence-electron chi connectivity index (χ0n) is 10.8. The molecule has 2 rings (SSSR count). The van der Waals surface area contributed by atoms with Gasteiger partial charge in [-0.3, -0.25) is 4.68 Å². The normalized spacial score (nSPS) is 10.5. The summed E-state index contributed by atoms with van der Waals surface area (Å²) in [6, 6.07) is 2.14. The van der Waals surface area contributed by atoms with Crippen molar-refractivity contribution in [3.05, 3.63) is 23.2 Å². The number of nitrogens with zero attached hydrogens (tertiary/aromatic N) is 5. The van der Waals surface area contributed by atoms with Crippen molar-refractivity contribution < 1.29 is 4.74 Å². The van der Waals surface area contributed by atoms with Gasteiger partial charge in [0.25, 0.3) is 0 Å². The number of halogens is 1. The predicted molar refractivity (Wildman–Crippen MR) is 71.2 cm³/mol. The second-order valence-electron chi connectivity index (χ2n) is 3.86. The second kappa shape index (κ2) is 6.33. The van der Waals surface area contributed by atoms with Gasteiger partial charge in [-0.25, -0.2) is 0 Å². The average Bonchev–Trinajstić information content (AvgIpc) is 2.79. The van der Waals surface area contributed by atoms with E-state index in [1.54, 1.807) is 10.9 Å². The van der Waals surface area contributed by atoms with E-state index in [0.29, 0.717) is 19.1 Å². The van der Waals surface area contributed by atoms with Crippen LogP contribution in [0.2, 0.25) is 5.28 Å². The van der Waals surface area contributed by atoms with Crippen LogP contribution in [0.25, 0.3) is 0 Å². The first-order chi connectivity index (χ1) is 9.19. The third-order valence-corrected chi connectivity index (χ3v) is 2.54. The Morgan fingerprint density at radius 2 is 2.21 bits per heavy atom. The van der Waals surface area contributed by atoms with E-state index in [0.717, 1.165) is 12.1 Å². The Labute approximate surface area is 116 Å². The number of hydrogen-bond acceptors (Lipinski definition) is 6. The summed E-state index contributed by atoms with van der Waals surface area (Å²) < 4.78 is 7.10. The Kier molecular flexibility index (Phi) is 4.51. The molecular weight excluding hydrogens is 268 g/mol. The zero-order chi connectivity index (χ0) is 13.7. The largest absolute Gasteiger partial charge is 0.463 e. The second-order valence-corrected chi connectivity index (χ2v) is 4.20. The van der Waals surface area contributed by atoms with Crippen LogP contribution in [0.4, 0.5) is 5.95 Å². The first kappa shape index (κ1) is 13.5. The van der Waals surface area contributed by atoms with E-state index < -0.39 is 0 Å². The fourth-order valence-corrected chi connectivity index (χ4v) is 1.57. The summed E-state index contributed by atoms with van der Waals surface area (Å²) >= 11 is 5.82. The topological polar surface area (TPSA) is 77.8 Å². The van der Waals surface area contributed by atoms with E-state index in [2.05, 4.69) is 25.4 Å². The molecule has 8 heteroatoms. The van der Waals surface area contributed by atoms with Crippen LogP contribution < -0.4 is 10.1 Å². The number of aromatic nitrogens is 5. The summed E-state index contributed by atoms with van der Waals surface area (Å²) in [5, 5.41) is 7.24. The van der Waals surface area contributed by atoms with Crippen LogP contribution in [0.1, 0.15) is 19.0 Å². The summed E-state index contributed by atoms with van der Waals surface area (Å²) in [6.45, 7) is 3.09. The molecule has 0 aromatic carbocycles. The van der Waals surface area contributed by atoms with Gasteiger partial charge in [-0.1, -0.05) is 6.92 Å². The summed E-state index contributed by atoms with van der Waals surface area (Å²) in [5.74, 6) is 0.382. The van der Waals surface area contributed by atoms with E-state index in [4.69, 9.17) is 16.3 Å². The lowest BCUT2D eigenvalue weighted by molar-refractivity contribution is 0.291. The van der Waals surface area contributed by atoms with Gasteiger partial charge < -0.3 is 10.1 Å². The molecule has 0 atom stereocenters. The molecule has 0 saturated heterocycles. The molecule has 0 saturated carbocycles. The minimum Gasteiger partial charge on any atom is -0.463 e. The molecule has 2 aromatic rings. The van der Waals surface area contributed by atoms with Gasteiger partial charge in [-0.05, 0) is 24.1 Å². The molecule has 2 heterocycles. The number of ether oxygens (including phenoxy) is 1. The maximum Gasteiger partial charge on any atom is 0.322 e. The Balaban J connectivity index is 2.03. The van der Waals surface area contributed by atoms with Crippen molar-refractivity contribution in [3.63, 3.8) is 0 Å².